The molecule has 0 aliphatic heterocycles. The summed E-state index contributed by atoms with van der Waals surface area (Å²) < 4.78 is 0. The van der Waals surface area contributed by atoms with Gasteiger partial charge >= 0.3 is 0 Å². The average Bonchev–Trinajstić information content (AvgIpc) is 2.46. The number of hydrogen-bond acceptors (Lipinski definition) is 2. The quantitative estimate of drug-likeness (QED) is 0.554. The number of carbonyl (C=O) groups is 1. The standard InChI is InChI=1S/C17H19NO/c1-3-5-6-11-16(19)17-15-10-8-7-9-13(15)12-14(4-2)18-17/h4,7-10,12H,2-3,5-6,11H2,1H3. The Bertz CT molecular complexity index is 601. The Labute approximate surface area is 114 Å². The molecule has 1 heterocycles. The van der Waals surface area contributed by atoms with Crippen LogP contribution in [0.15, 0.2) is 36.9 Å². The average molecular weight is 253 g/mol. The van der Waals surface area contributed by atoms with Gasteiger partial charge in [-0.1, -0.05) is 50.6 Å². The van der Waals surface area contributed by atoms with E-state index in [1.807, 2.05) is 30.3 Å². The molecule has 2 aromatic rings. The molecule has 19 heavy (non-hydrogen) atoms. The van der Waals surface area contributed by atoms with E-state index in [9.17, 15) is 4.79 Å². The summed E-state index contributed by atoms with van der Waals surface area (Å²) in [6.45, 7) is 5.88. The van der Waals surface area contributed by atoms with Crippen LogP contribution in [0.4, 0.5) is 0 Å². The molecule has 0 amide bonds. The molecule has 98 valence electrons. The van der Waals surface area contributed by atoms with E-state index in [-0.39, 0.29) is 5.78 Å². The predicted molar refractivity (Wildman–Crippen MR) is 80.3 cm³/mol. The van der Waals surface area contributed by atoms with Gasteiger partial charge in [-0.3, -0.25) is 4.79 Å². The maximum Gasteiger partial charge on any atom is 0.181 e. The van der Waals surface area contributed by atoms with Crippen molar-refractivity contribution < 1.29 is 4.79 Å². The van der Waals surface area contributed by atoms with Gasteiger partial charge in [-0.25, -0.2) is 4.98 Å². The number of hydrogen-bond donors (Lipinski definition) is 0. The van der Waals surface area contributed by atoms with Crippen molar-refractivity contribution in [3.05, 3.63) is 48.3 Å². The Morgan fingerprint density at radius 2 is 2.11 bits per heavy atom. The Morgan fingerprint density at radius 1 is 1.32 bits per heavy atom. The van der Waals surface area contributed by atoms with Crippen LogP contribution in [0.3, 0.4) is 0 Å². The van der Waals surface area contributed by atoms with E-state index in [4.69, 9.17) is 0 Å². The zero-order chi connectivity index (χ0) is 13.7. The molecule has 0 N–H and O–H groups in total. The first-order valence-electron chi connectivity index (χ1n) is 6.81. The lowest BCUT2D eigenvalue weighted by atomic mass is 10.0. The summed E-state index contributed by atoms with van der Waals surface area (Å²) >= 11 is 0. The lowest BCUT2D eigenvalue weighted by molar-refractivity contribution is 0.0976. The van der Waals surface area contributed by atoms with E-state index in [0.29, 0.717) is 12.1 Å². The van der Waals surface area contributed by atoms with Gasteiger partial charge in [0.1, 0.15) is 5.69 Å². The van der Waals surface area contributed by atoms with Crippen molar-refractivity contribution in [3.8, 4) is 0 Å². The summed E-state index contributed by atoms with van der Waals surface area (Å²) in [6.07, 6.45) is 5.41. The first-order chi connectivity index (χ1) is 9.26. The third-order valence-electron chi connectivity index (χ3n) is 3.24. The van der Waals surface area contributed by atoms with Crippen molar-refractivity contribution in [3.63, 3.8) is 0 Å². The largest absolute Gasteiger partial charge is 0.292 e. The number of unbranched alkanes of at least 4 members (excludes halogenated alkanes) is 2. The van der Waals surface area contributed by atoms with Gasteiger partial charge in [0.05, 0.1) is 5.69 Å². The molecule has 2 nitrogen and oxygen atoms in total. The Kier molecular flexibility index (Phi) is 4.45. The fraction of sp³-hybridized carbons (Fsp3) is 0.294. The molecule has 0 spiro atoms. The van der Waals surface area contributed by atoms with Gasteiger partial charge in [-0.2, -0.15) is 0 Å². The Morgan fingerprint density at radius 3 is 2.84 bits per heavy atom. The summed E-state index contributed by atoms with van der Waals surface area (Å²) in [5.41, 5.74) is 1.35. The van der Waals surface area contributed by atoms with Crippen molar-refractivity contribution in [2.45, 2.75) is 32.6 Å². The molecule has 1 aromatic carbocycles. The number of ketones is 1. The molecule has 1 aromatic heterocycles. The summed E-state index contributed by atoms with van der Waals surface area (Å²) in [5, 5.41) is 1.99. The van der Waals surface area contributed by atoms with Gasteiger partial charge in [-0.05, 0) is 23.9 Å². The smallest absolute Gasteiger partial charge is 0.181 e. The lowest BCUT2D eigenvalue weighted by Gasteiger charge is -2.06. The minimum Gasteiger partial charge on any atom is -0.292 e. The summed E-state index contributed by atoms with van der Waals surface area (Å²) in [6, 6.07) is 9.85. The van der Waals surface area contributed by atoms with Crippen LogP contribution in [0.1, 0.15) is 48.8 Å². The van der Waals surface area contributed by atoms with E-state index < -0.39 is 0 Å². The van der Waals surface area contributed by atoms with Crippen LogP contribution in [0.5, 0.6) is 0 Å². The van der Waals surface area contributed by atoms with Gasteiger partial charge in [0, 0.05) is 11.8 Å². The highest BCUT2D eigenvalue weighted by Crippen LogP contribution is 2.21. The molecule has 0 unspecified atom stereocenters. The molecule has 0 radical (unpaired) electrons. The van der Waals surface area contributed by atoms with Gasteiger partial charge in [0.15, 0.2) is 5.78 Å². The third kappa shape index (κ3) is 3.08. The van der Waals surface area contributed by atoms with E-state index in [0.717, 1.165) is 35.7 Å². The molecular weight excluding hydrogens is 234 g/mol. The molecule has 2 heteroatoms. The zero-order valence-electron chi connectivity index (χ0n) is 11.4. The van der Waals surface area contributed by atoms with E-state index in [1.54, 1.807) is 6.08 Å². The van der Waals surface area contributed by atoms with Crippen LogP contribution in [0.2, 0.25) is 0 Å². The highest BCUT2D eigenvalue weighted by molar-refractivity contribution is 6.06. The number of aromatic nitrogens is 1. The molecule has 0 saturated heterocycles. The Balaban J connectivity index is 2.40. The third-order valence-corrected chi connectivity index (χ3v) is 3.24. The maximum atomic E-state index is 12.3. The molecule has 0 aliphatic carbocycles. The second-order valence-corrected chi connectivity index (χ2v) is 4.70. The van der Waals surface area contributed by atoms with Gasteiger partial charge in [-0.15, -0.1) is 0 Å². The SMILES string of the molecule is C=Cc1cc2ccccc2c(C(=O)CCCCC)n1. The fourth-order valence-electron chi connectivity index (χ4n) is 2.19. The molecule has 2 rings (SSSR count). The first kappa shape index (κ1) is 13.5. The number of Topliss-reactive ketones (excluding diaryl/α,β-unsaturated/α-hetero) is 1. The fourth-order valence-corrected chi connectivity index (χ4v) is 2.19. The highest BCUT2D eigenvalue weighted by atomic mass is 16.1. The number of rotatable bonds is 6. The zero-order valence-corrected chi connectivity index (χ0v) is 11.4. The summed E-state index contributed by atoms with van der Waals surface area (Å²) in [5.74, 6) is 0.133. The molecule has 0 bridgehead atoms. The Hall–Kier alpha value is -1.96. The van der Waals surface area contributed by atoms with Crippen LogP contribution in [-0.4, -0.2) is 10.8 Å². The van der Waals surface area contributed by atoms with Crippen molar-refractivity contribution >= 4 is 22.6 Å². The van der Waals surface area contributed by atoms with Crippen molar-refractivity contribution in [2.75, 3.05) is 0 Å². The number of nitrogens with zero attached hydrogens (tertiary/aromatic N) is 1. The van der Waals surface area contributed by atoms with Crippen LogP contribution in [-0.2, 0) is 0 Å². The topological polar surface area (TPSA) is 30.0 Å². The number of fused-ring (bicyclic) bond motifs is 1. The number of pyridine rings is 1. The van der Waals surface area contributed by atoms with Gasteiger partial charge < -0.3 is 0 Å². The van der Waals surface area contributed by atoms with Crippen LogP contribution in [0.25, 0.3) is 16.8 Å². The molecular formula is C17H19NO. The normalized spacial score (nSPS) is 10.6. The van der Waals surface area contributed by atoms with E-state index in [2.05, 4.69) is 18.5 Å². The molecule has 0 saturated carbocycles. The van der Waals surface area contributed by atoms with Crippen LogP contribution < -0.4 is 0 Å². The number of carbonyl (C=O) groups excluding carboxylic acids is 1. The summed E-state index contributed by atoms with van der Waals surface area (Å²) in [4.78, 5) is 16.7. The monoisotopic (exact) mass is 253 g/mol. The van der Waals surface area contributed by atoms with E-state index >= 15 is 0 Å². The van der Waals surface area contributed by atoms with E-state index in [1.165, 1.54) is 0 Å². The predicted octanol–water partition coefficient (Wildman–Crippen LogP) is 4.64. The minimum atomic E-state index is 0.133. The number of benzene rings is 1. The van der Waals surface area contributed by atoms with Crippen LogP contribution >= 0.6 is 0 Å². The second kappa shape index (κ2) is 6.28. The second-order valence-electron chi connectivity index (χ2n) is 4.70. The molecule has 0 fully saturated rings. The van der Waals surface area contributed by atoms with Crippen molar-refractivity contribution in [1.82, 2.24) is 4.98 Å². The molecule has 0 atom stereocenters. The van der Waals surface area contributed by atoms with Gasteiger partial charge in [0.25, 0.3) is 0 Å². The van der Waals surface area contributed by atoms with Crippen molar-refractivity contribution in [2.24, 2.45) is 0 Å². The van der Waals surface area contributed by atoms with Crippen molar-refractivity contribution in [1.29, 1.82) is 0 Å². The maximum absolute atomic E-state index is 12.3. The summed E-state index contributed by atoms with van der Waals surface area (Å²) in [7, 11) is 0. The minimum absolute atomic E-state index is 0.133. The highest BCUT2D eigenvalue weighted by Gasteiger charge is 2.12. The van der Waals surface area contributed by atoms with Gasteiger partial charge in [0.2, 0.25) is 0 Å². The first-order valence-corrected chi connectivity index (χ1v) is 6.81. The van der Waals surface area contributed by atoms with Crippen LogP contribution in [0, 0.1) is 0 Å². The molecule has 0 aliphatic rings. The lowest BCUT2D eigenvalue weighted by Crippen LogP contribution is -2.04.